The Kier molecular flexibility index (Phi) is 5.20. The summed E-state index contributed by atoms with van der Waals surface area (Å²) in [5, 5.41) is 18.1. The van der Waals surface area contributed by atoms with Gasteiger partial charge >= 0.3 is 6.18 Å². The fraction of sp³-hybridized carbons (Fsp3) is 0.471. The summed E-state index contributed by atoms with van der Waals surface area (Å²) in [7, 11) is 1.84. The molecule has 0 aromatic carbocycles. The maximum absolute atomic E-state index is 13.1. The van der Waals surface area contributed by atoms with Gasteiger partial charge in [-0.15, -0.1) is 10.2 Å². The average molecular weight is 409 g/mol. The van der Waals surface area contributed by atoms with E-state index in [0.29, 0.717) is 23.8 Å². The second-order valence-corrected chi connectivity index (χ2v) is 7.01. The highest BCUT2D eigenvalue weighted by Crippen LogP contribution is 2.34. The van der Waals surface area contributed by atoms with Crippen LogP contribution in [0.5, 0.6) is 0 Å². The van der Waals surface area contributed by atoms with E-state index in [0.717, 1.165) is 6.20 Å². The van der Waals surface area contributed by atoms with Crippen molar-refractivity contribution in [2.75, 3.05) is 17.2 Å². The summed E-state index contributed by atoms with van der Waals surface area (Å²) in [6, 6.07) is 0. The summed E-state index contributed by atoms with van der Waals surface area (Å²) in [6.07, 6.45) is -0.448. The molecule has 2 N–H and O–H groups in total. The SMILES string of the molecule is CCNc1nc(Nc2cn(C(C)(C)c3nncn3C)nc2C)ncc1C(F)(F)F. The molecule has 9 nitrogen and oxygen atoms in total. The van der Waals surface area contributed by atoms with Gasteiger partial charge < -0.3 is 15.2 Å². The first kappa shape index (κ1) is 20.6. The van der Waals surface area contributed by atoms with E-state index >= 15 is 0 Å². The molecule has 3 aromatic rings. The van der Waals surface area contributed by atoms with E-state index in [4.69, 9.17) is 0 Å². The Hall–Kier alpha value is -3.18. The number of halogens is 3. The zero-order valence-corrected chi connectivity index (χ0v) is 16.7. The predicted octanol–water partition coefficient (Wildman–Crippen LogP) is 3.09. The summed E-state index contributed by atoms with van der Waals surface area (Å²) in [6.45, 7) is 7.64. The number of anilines is 3. The Labute approximate surface area is 165 Å². The molecule has 0 aliphatic rings. The summed E-state index contributed by atoms with van der Waals surface area (Å²) in [5.74, 6) is 0.460. The number of aromatic nitrogens is 7. The molecule has 0 atom stereocenters. The lowest BCUT2D eigenvalue weighted by Gasteiger charge is -2.23. The molecule has 3 heterocycles. The zero-order valence-electron chi connectivity index (χ0n) is 16.7. The van der Waals surface area contributed by atoms with Gasteiger partial charge in [-0.2, -0.15) is 23.3 Å². The minimum absolute atomic E-state index is 0.0352. The molecule has 0 bridgehead atoms. The van der Waals surface area contributed by atoms with Gasteiger partial charge in [-0.1, -0.05) is 0 Å². The van der Waals surface area contributed by atoms with Gasteiger partial charge in [0.2, 0.25) is 5.95 Å². The number of alkyl halides is 3. The molecule has 0 unspecified atom stereocenters. The van der Waals surface area contributed by atoms with Gasteiger partial charge in [-0.05, 0) is 27.7 Å². The van der Waals surface area contributed by atoms with Crippen LogP contribution in [0.1, 0.15) is 37.9 Å². The maximum Gasteiger partial charge on any atom is 0.421 e. The Morgan fingerprint density at radius 2 is 1.93 bits per heavy atom. The van der Waals surface area contributed by atoms with Crippen molar-refractivity contribution in [3.8, 4) is 0 Å². The van der Waals surface area contributed by atoms with Gasteiger partial charge in [0.1, 0.15) is 23.2 Å². The van der Waals surface area contributed by atoms with Crippen LogP contribution >= 0.6 is 0 Å². The molecular formula is C17H22F3N9. The lowest BCUT2D eigenvalue weighted by Crippen LogP contribution is -2.31. The Balaban J connectivity index is 1.92. The van der Waals surface area contributed by atoms with Crippen molar-refractivity contribution in [3.63, 3.8) is 0 Å². The van der Waals surface area contributed by atoms with E-state index in [1.54, 1.807) is 35.6 Å². The number of rotatable bonds is 6. The topological polar surface area (TPSA) is 98.4 Å². The third kappa shape index (κ3) is 4.00. The molecule has 0 amide bonds. The molecule has 0 aliphatic heterocycles. The van der Waals surface area contributed by atoms with Crippen molar-refractivity contribution < 1.29 is 13.2 Å². The molecular weight excluding hydrogens is 387 g/mol. The summed E-state index contributed by atoms with van der Waals surface area (Å²) >= 11 is 0. The Bertz CT molecular complexity index is 1000. The normalized spacial score (nSPS) is 12.3. The van der Waals surface area contributed by atoms with E-state index in [1.165, 1.54) is 0 Å². The van der Waals surface area contributed by atoms with Crippen molar-refractivity contribution in [1.29, 1.82) is 0 Å². The van der Waals surface area contributed by atoms with Crippen LogP contribution in [0.25, 0.3) is 0 Å². The number of hydrogen-bond acceptors (Lipinski definition) is 7. The van der Waals surface area contributed by atoms with Gasteiger partial charge in [-0.3, -0.25) is 4.68 Å². The molecule has 12 heteroatoms. The highest BCUT2D eigenvalue weighted by atomic mass is 19.4. The van der Waals surface area contributed by atoms with E-state index in [2.05, 4.69) is 35.9 Å². The first-order valence-corrected chi connectivity index (χ1v) is 8.90. The summed E-state index contributed by atoms with van der Waals surface area (Å²) < 4.78 is 42.9. The molecule has 0 radical (unpaired) electrons. The van der Waals surface area contributed by atoms with Crippen molar-refractivity contribution in [2.45, 2.75) is 39.4 Å². The predicted molar refractivity (Wildman–Crippen MR) is 101 cm³/mol. The highest BCUT2D eigenvalue weighted by molar-refractivity contribution is 5.58. The molecule has 0 spiro atoms. The molecule has 0 aliphatic carbocycles. The third-order valence-corrected chi connectivity index (χ3v) is 4.42. The average Bonchev–Trinajstić information content (AvgIpc) is 3.21. The van der Waals surface area contributed by atoms with Gasteiger partial charge in [0, 0.05) is 26.0 Å². The number of nitrogens with one attached hydrogen (secondary N) is 2. The van der Waals surface area contributed by atoms with Crippen LogP contribution in [0.3, 0.4) is 0 Å². The molecule has 3 rings (SSSR count). The lowest BCUT2D eigenvalue weighted by molar-refractivity contribution is -0.137. The lowest BCUT2D eigenvalue weighted by atomic mass is 10.1. The monoisotopic (exact) mass is 409 g/mol. The van der Waals surface area contributed by atoms with Crippen LogP contribution in [0, 0.1) is 6.92 Å². The van der Waals surface area contributed by atoms with Crippen molar-refractivity contribution >= 4 is 17.5 Å². The van der Waals surface area contributed by atoms with Crippen LogP contribution in [0.2, 0.25) is 0 Å². The molecule has 29 heavy (non-hydrogen) atoms. The van der Waals surface area contributed by atoms with E-state index < -0.39 is 17.3 Å². The quantitative estimate of drug-likeness (QED) is 0.646. The minimum atomic E-state index is -4.54. The van der Waals surface area contributed by atoms with Gasteiger partial charge in [0.15, 0.2) is 5.82 Å². The number of hydrogen-bond donors (Lipinski definition) is 2. The molecule has 156 valence electrons. The second kappa shape index (κ2) is 7.33. The van der Waals surface area contributed by atoms with Crippen molar-refractivity contribution in [1.82, 2.24) is 34.5 Å². The van der Waals surface area contributed by atoms with Crippen LogP contribution in [-0.2, 0) is 18.8 Å². The standard InChI is InChI=1S/C17H22F3N9/c1-6-21-13-11(17(18,19)20)7-22-15(25-13)24-12-8-29(27-10(12)2)16(3,4)14-26-23-9-28(14)5/h7-9H,6H2,1-5H3,(H2,21,22,24,25). The van der Waals surface area contributed by atoms with Crippen LogP contribution in [-0.4, -0.2) is 41.1 Å². The first-order valence-electron chi connectivity index (χ1n) is 8.90. The fourth-order valence-electron chi connectivity index (χ4n) is 2.88. The Morgan fingerprint density at radius 3 is 2.52 bits per heavy atom. The van der Waals surface area contributed by atoms with Gasteiger partial charge in [0.05, 0.1) is 11.4 Å². The fourth-order valence-corrected chi connectivity index (χ4v) is 2.88. The second-order valence-electron chi connectivity index (χ2n) is 7.01. The first-order chi connectivity index (χ1) is 13.5. The maximum atomic E-state index is 13.1. The van der Waals surface area contributed by atoms with Gasteiger partial charge in [0.25, 0.3) is 0 Å². The molecule has 0 saturated heterocycles. The molecule has 3 aromatic heterocycles. The van der Waals surface area contributed by atoms with Crippen LogP contribution in [0.4, 0.5) is 30.6 Å². The zero-order chi connectivity index (χ0) is 21.4. The number of aryl methyl sites for hydroxylation is 2. The van der Waals surface area contributed by atoms with Gasteiger partial charge in [-0.25, -0.2) is 4.98 Å². The molecule has 0 saturated carbocycles. The third-order valence-electron chi connectivity index (χ3n) is 4.42. The van der Waals surface area contributed by atoms with E-state index in [9.17, 15) is 13.2 Å². The number of nitrogens with zero attached hydrogens (tertiary/aromatic N) is 7. The largest absolute Gasteiger partial charge is 0.421 e. The van der Waals surface area contributed by atoms with Crippen LogP contribution in [0.15, 0.2) is 18.7 Å². The molecule has 0 fully saturated rings. The minimum Gasteiger partial charge on any atom is -0.370 e. The smallest absolute Gasteiger partial charge is 0.370 e. The van der Waals surface area contributed by atoms with Crippen LogP contribution < -0.4 is 10.6 Å². The summed E-state index contributed by atoms with van der Waals surface area (Å²) in [4.78, 5) is 7.80. The van der Waals surface area contributed by atoms with E-state index in [1.807, 2.05) is 20.9 Å². The highest BCUT2D eigenvalue weighted by Gasteiger charge is 2.35. The van der Waals surface area contributed by atoms with E-state index in [-0.39, 0.29) is 11.8 Å². The van der Waals surface area contributed by atoms with Crippen molar-refractivity contribution in [3.05, 3.63) is 35.8 Å². The van der Waals surface area contributed by atoms with Crippen molar-refractivity contribution in [2.24, 2.45) is 7.05 Å². The summed E-state index contributed by atoms with van der Waals surface area (Å²) in [5.41, 5.74) is -0.316. The Morgan fingerprint density at radius 1 is 1.21 bits per heavy atom.